The number of hydrogen-bond acceptors (Lipinski definition) is 4. The van der Waals surface area contributed by atoms with Gasteiger partial charge in [-0.25, -0.2) is 12.8 Å². The van der Waals surface area contributed by atoms with Crippen molar-refractivity contribution < 1.29 is 17.5 Å². The maximum Gasteiger partial charge on any atom is 0.243 e. The van der Waals surface area contributed by atoms with Gasteiger partial charge < -0.3 is 10.1 Å². The number of hydrogen-bond donors (Lipinski definition) is 1. The van der Waals surface area contributed by atoms with Crippen molar-refractivity contribution in [3.05, 3.63) is 59.9 Å². The van der Waals surface area contributed by atoms with Gasteiger partial charge in [-0.1, -0.05) is 12.1 Å². The fourth-order valence-electron chi connectivity index (χ4n) is 2.98. The van der Waals surface area contributed by atoms with Crippen LogP contribution in [0.25, 0.3) is 0 Å². The van der Waals surface area contributed by atoms with Crippen molar-refractivity contribution in [2.75, 3.05) is 26.2 Å². The van der Waals surface area contributed by atoms with Crippen molar-refractivity contribution >= 4 is 10.0 Å². The first kappa shape index (κ1) is 17.8. The van der Waals surface area contributed by atoms with Gasteiger partial charge in [0.15, 0.2) is 0 Å². The molecule has 0 aromatic heterocycles. The Labute approximate surface area is 147 Å². The van der Waals surface area contributed by atoms with Crippen LogP contribution in [0, 0.1) is 5.82 Å². The molecule has 1 aliphatic rings. The van der Waals surface area contributed by atoms with Gasteiger partial charge in [0.2, 0.25) is 10.0 Å². The Hall–Kier alpha value is -1.96. The second-order valence-corrected chi connectivity index (χ2v) is 7.69. The Balaban J connectivity index is 1.93. The summed E-state index contributed by atoms with van der Waals surface area (Å²) in [5, 5.41) is 3.18. The van der Waals surface area contributed by atoms with Gasteiger partial charge in [0.1, 0.15) is 11.6 Å². The van der Waals surface area contributed by atoms with Gasteiger partial charge in [-0.3, -0.25) is 0 Å². The second-order valence-electron chi connectivity index (χ2n) is 5.80. The lowest BCUT2D eigenvalue weighted by atomic mass is 10.1. The minimum absolute atomic E-state index is 0.208. The summed E-state index contributed by atoms with van der Waals surface area (Å²) in [5.74, 6) is 0.255. The van der Waals surface area contributed by atoms with Crippen LogP contribution in [0.15, 0.2) is 53.4 Å². The van der Waals surface area contributed by atoms with E-state index in [1.54, 1.807) is 36.4 Å². The standard InChI is InChI=1S/C18H21FN2O3S/c1-2-24-16-6-8-17(9-7-16)25(22,23)21-11-10-20-13-18(21)14-4-3-5-15(19)12-14/h3-9,12,18,20H,2,10-11,13H2,1H3. The summed E-state index contributed by atoms with van der Waals surface area (Å²) in [7, 11) is -3.69. The number of ether oxygens (including phenoxy) is 1. The van der Waals surface area contributed by atoms with Crippen LogP contribution in [-0.2, 0) is 10.0 Å². The normalized spacial score (nSPS) is 18.9. The van der Waals surface area contributed by atoms with Crippen LogP contribution in [0.4, 0.5) is 4.39 Å². The predicted molar refractivity (Wildman–Crippen MR) is 93.5 cm³/mol. The van der Waals surface area contributed by atoms with Crippen molar-refractivity contribution in [1.82, 2.24) is 9.62 Å². The van der Waals surface area contributed by atoms with Gasteiger partial charge in [-0.15, -0.1) is 0 Å². The molecule has 1 N–H and O–H groups in total. The van der Waals surface area contributed by atoms with Crippen LogP contribution in [-0.4, -0.2) is 39.0 Å². The highest BCUT2D eigenvalue weighted by atomic mass is 32.2. The van der Waals surface area contributed by atoms with Gasteiger partial charge in [0.05, 0.1) is 17.5 Å². The quantitative estimate of drug-likeness (QED) is 0.886. The van der Waals surface area contributed by atoms with Gasteiger partial charge in [-0.2, -0.15) is 4.31 Å². The summed E-state index contributed by atoms with van der Waals surface area (Å²) in [6.07, 6.45) is 0. The van der Waals surface area contributed by atoms with E-state index in [-0.39, 0.29) is 10.7 Å². The summed E-state index contributed by atoms with van der Waals surface area (Å²) in [6, 6.07) is 12.0. The molecule has 1 heterocycles. The number of halogens is 1. The van der Waals surface area contributed by atoms with Gasteiger partial charge in [0, 0.05) is 19.6 Å². The minimum Gasteiger partial charge on any atom is -0.494 e. The third kappa shape index (κ3) is 3.84. The zero-order valence-corrected chi connectivity index (χ0v) is 14.8. The maximum absolute atomic E-state index is 13.6. The van der Waals surface area contributed by atoms with Crippen LogP contribution < -0.4 is 10.1 Å². The van der Waals surface area contributed by atoms with E-state index in [9.17, 15) is 12.8 Å². The first-order valence-corrected chi connectivity index (χ1v) is 9.67. The van der Waals surface area contributed by atoms with E-state index < -0.39 is 16.1 Å². The molecule has 0 radical (unpaired) electrons. The molecule has 1 unspecified atom stereocenters. The van der Waals surface area contributed by atoms with E-state index in [2.05, 4.69) is 5.32 Å². The van der Waals surface area contributed by atoms with Gasteiger partial charge in [0.25, 0.3) is 0 Å². The number of sulfonamides is 1. The lowest BCUT2D eigenvalue weighted by molar-refractivity contribution is 0.271. The first-order valence-electron chi connectivity index (χ1n) is 8.23. The lowest BCUT2D eigenvalue weighted by Crippen LogP contribution is -2.48. The fraction of sp³-hybridized carbons (Fsp3) is 0.333. The smallest absolute Gasteiger partial charge is 0.243 e. The summed E-state index contributed by atoms with van der Waals surface area (Å²) < 4.78 is 46.6. The molecule has 1 fully saturated rings. The third-order valence-electron chi connectivity index (χ3n) is 4.17. The molecular weight excluding hydrogens is 343 g/mol. The molecule has 1 saturated heterocycles. The third-order valence-corrected chi connectivity index (χ3v) is 6.09. The van der Waals surface area contributed by atoms with Crippen LogP contribution >= 0.6 is 0 Å². The van der Waals surface area contributed by atoms with Crippen molar-refractivity contribution in [3.63, 3.8) is 0 Å². The first-order chi connectivity index (χ1) is 12.0. The molecule has 0 spiro atoms. The average molecular weight is 364 g/mol. The highest BCUT2D eigenvalue weighted by Crippen LogP contribution is 2.30. The maximum atomic E-state index is 13.6. The fourth-order valence-corrected chi connectivity index (χ4v) is 4.59. The van der Waals surface area contributed by atoms with E-state index in [0.717, 1.165) is 0 Å². The second kappa shape index (κ2) is 7.51. The zero-order valence-electron chi connectivity index (χ0n) is 14.0. The Morgan fingerprint density at radius 2 is 2.00 bits per heavy atom. The number of benzene rings is 2. The molecular formula is C18H21FN2O3S. The molecule has 25 heavy (non-hydrogen) atoms. The molecule has 0 bridgehead atoms. The Morgan fingerprint density at radius 1 is 1.24 bits per heavy atom. The number of rotatable bonds is 5. The molecule has 2 aromatic carbocycles. The molecule has 7 heteroatoms. The van der Waals surface area contributed by atoms with Crippen molar-refractivity contribution in [3.8, 4) is 5.75 Å². The van der Waals surface area contributed by atoms with Gasteiger partial charge in [-0.05, 0) is 48.9 Å². The molecule has 5 nitrogen and oxygen atoms in total. The Bertz CT molecular complexity index is 824. The minimum atomic E-state index is -3.69. The molecule has 0 aliphatic carbocycles. The number of piperazine rings is 1. The average Bonchev–Trinajstić information content (AvgIpc) is 2.62. The zero-order chi connectivity index (χ0) is 17.9. The Morgan fingerprint density at radius 3 is 2.68 bits per heavy atom. The molecule has 0 saturated carbocycles. The van der Waals surface area contributed by atoms with Gasteiger partial charge >= 0.3 is 0 Å². The largest absolute Gasteiger partial charge is 0.494 e. The molecule has 3 rings (SSSR count). The van der Waals surface area contributed by atoms with E-state index in [1.165, 1.54) is 16.4 Å². The molecule has 2 aromatic rings. The van der Waals surface area contributed by atoms with E-state index in [1.807, 2.05) is 6.92 Å². The SMILES string of the molecule is CCOc1ccc(S(=O)(=O)N2CCNCC2c2cccc(F)c2)cc1. The van der Waals surface area contributed by atoms with Crippen molar-refractivity contribution in [2.45, 2.75) is 17.9 Å². The molecule has 0 amide bonds. The summed E-state index contributed by atoms with van der Waals surface area (Å²) in [5.41, 5.74) is 0.640. The summed E-state index contributed by atoms with van der Waals surface area (Å²) in [6.45, 7) is 3.72. The van der Waals surface area contributed by atoms with Crippen LogP contribution in [0.2, 0.25) is 0 Å². The monoisotopic (exact) mass is 364 g/mol. The van der Waals surface area contributed by atoms with Crippen LogP contribution in [0.3, 0.4) is 0 Å². The molecule has 1 atom stereocenters. The predicted octanol–water partition coefficient (Wildman–Crippen LogP) is 2.56. The number of nitrogens with one attached hydrogen (secondary N) is 1. The van der Waals surface area contributed by atoms with E-state index >= 15 is 0 Å². The van der Waals surface area contributed by atoms with Crippen molar-refractivity contribution in [2.24, 2.45) is 0 Å². The highest BCUT2D eigenvalue weighted by Gasteiger charge is 2.34. The lowest BCUT2D eigenvalue weighted by Gasteiger charge is -2.35. The number of nitrogens with zero attached hydrogens (tertiary/aromatic N) is 1. The topological polar surface area (TPSA) is 58.6 Å². The Kier molecular flexibility index (Phi) is 5.36. The highest BCUT2D eigenvalue weighted by molar-refractivity contribution is 7.89. The van der Waals surface area contributed by atoms with Crippen molar-refractivity contribution in [1.29, 1.82) is 0 Å². The van der Waals surface area contributed by atoms with Crippen LogP contribution in [0.5, 0.6) is 5.75 Å². The molecule has 1 aliphatic heterocycles. The molecule has 134 valence electrons. The van der Waals surface area contributed by atoms with Crippen LogP contribution in [0.1, 0.15) is 18.5 Å². The van der Waals surface area contributed by atoms with E-state index in [4.69, 9.17) is 4.74 Å². The summed E-state index contributed by atoms with van der Waals surface area (Å²) >= 11 is 0. The summed E-state index contributed by atoms with van der Waals surface area (Å²) in [4.78, 5) is 0.208. The van der Waals surface area contributed by atoms with E-state index in [0.29, 0.717) is 37.6 Å².